The largest absolute Gasteiger partial charge is 0.345 e. The summed E-state index contributed by atoms with van der Waals surface area (Å²) in [5, 5.41) is 13.7. The van der Waals surface area contributed by atoms with Gasteiger partial charge in [-0.1, -0.05) is 43.0 Å². The Hall–Kier alpha value is -3.53. The number of anilines is 1. The Kier molecular flexibility index (Phi) is 7.94. The molecule has 2 amide bonds. The number of Topliss-reactive ketones (excluding diaryl/α,β-unsaturated/α-hetero) is 1. The maximum absolute atomic E-state index is 13.8. The molecule has 33 heavy (non-hydrogen) atoms. The van der Waals surface area contributed by atoms with E-state index in [2.05, 4.69) is 20.8 Å². The van der Waals surface area contributed by atoms with Crippen molar-refractivity contribution in [2.75, 3.05) is 5.32 Å². The first kappa shape index (κ1) is 24.1. The molecule has 172 valence electrons. The lowest BCUT2D eigenvalue weighted by atomic mass is 10.1. The number of nitrogens with one attached hydrogen (secondary N) is 2. The molecule has 0 spiro atoms. The summed E-state index contributed by atoms with van der Waals surface area (Å²) in [7, 11) is 1.73. The molecule has 0 saturated carbocycles. The molecule has 1 unspecified atom stereocenters. The second-order valence-electron chi connectivity index (χ2n) is 7.26. The van der Waals surface area contributed by atoms with E-state index in [0.717, 1.165) is 0 Å². The second-order valence-corrected chi connectivity index (χ2v) is 8.43. The summed E-state index contributed by atoms with van der Waals surface area (Å²) in [5.74, 6) is -0.993. The summed E-state index contributed by atoms with van der Waals surface area (Å²) < 4.78 is 15.5. The molecule has 0 fully saturated rings. The molecular weight excluding hydrogens is 445 g/mol. The molecule has 0 radical (unpaired) electrons. The average Bonchev–Trinajstić information content (AvgIpc) is 3.15. The van der Waals surface area contributed by atoms with E-state index in [-0.39, 0.29) is 23.8 Å². The highest BCUT2D eigenvalue weighted by Gasteiger charge is 2.22. The molecule has 8 nitrogen and oxygen atoms in total. The Labute approximate surface area is 195 Å². The molecule has 0 aliphatic rings. The number of nitrogens with zero attached hydrogens (tertiary/aromatic N) is 3. The summed E-state index contributed by atoms with van der Waals surface area (Å²) in [5.41, 5.74) is 1.01. The third-order valence-corrected chi connectivity index (χ3v) is 6.30. The minimum atomic E-state index is -0.602. The molecule has 0 saturated heterocycles. The zero-order chi connectivity index (χ0) is 24.0. The number of thioether (sulfide) groups is 1. The molecular formula is C23H24FN5O3S. The molecule has 2 aromatic carbocycles. The Morgan fingerprint density at radius 1 is 1.12 bits per heavy atom. The van der Waals surface area contributed by atoms with Crippen molar-refractivity contribution in [3.8, 4) is 0 Å². The normalized spacial score (nSPS) is 11.6. The summed E-state index contributed by atoms with van der Waals surface area (Å²) in [6.45, 7) is 3.41. The SMILES string of the molecule is CCC(Sc1nnc(CNC(=O)c2ccccc2F)n1C)C(=O)Nc1cccc(C(C)=O)c1. The fourth-order valence-corrected chi connectivity index (χ4v) is 3.93. The van der Waals surface area contributed by atoms with E-state index in [1.807, 2.05) is 6.92 Å². The Bertz CT molecular complexity index is 1180. The summed E-state index contributed by atoms with van der Waals surface area (Å²) in [6.07, 6.45) is 0.537. The molecule has 3 aromatic rings. The quantitative estimate of drug-likeness (QED) is 0.366. The number of carbonyl (C=O) groups excluding carboxylic acids is 3. The van der Waals surface area contributed by atoms with Gasteiger partial charge in [0.2, 0.25) is 5.91 Å². The van der Waals surface area contributed by atoms with Gasteiger partial charge >= 0.3 is 0 Å². The number of halogens is 1. The second kappa shape index (κ2) is 10.9. The first-order chi connectivity index (χ1) is 15.8. The maximum atomic E-state index is 13.8. The van der Waals surface area contributed by atoms with Gasteiger partial charge in [0.15, 0.2) is 16.8 Å². The van der Waals surface area contributed by atoms with Crippen LogP contribution in [0.25, 0.3) is 0 Å². The Morgan fingerprint density at radius 2 is 1.88 bits per heavy atom. The zero-order valence-corrected chi connectivity index (χ0v) is 19.3. The molecule has 10 heteroatoms. The van der Waals surface area contributed by atoms with Crippen LogP contribution in [0.4, 0.5) is 10.1 Å². The standard InChI is InChI=1S/C23H24FN5O3S/c1-4-19(22(32)26-16-9-7-8-15(12-16)14(2)30)33-23-28-27-20(29(23)3)13-25-21(31)17-10-5-6-11-18(17)24/h5-12,19H,4,13H2,1-3H3,(H,25,31)(H,26,32). The number of hydrogen-bond donors (Lipinski definition) is 2. The van der Waals surface area contributed by atoms with Gasteiger partial charge < -0.3 is 15.2 Å². The van der Waals surface area contributed by atoms with Crippen LogP contribution in [0.2, 0.25) is 0 Å². The molecule has 0 aliphatic carbocycles. The zero-order valence-electron chi connectivity index (χ0n) is 18.5. The van der Waals surface area contributed by atoms with Crippen LogP contribution in [0.15, 0.2) is 53.7 Å². The van der Waals surface area contributed by atoms with Gasteiger partial charge in [0.25, 0.3) is 5.91 Å². The van der Waals surface area contributed by atoms with E-state index >= 15 is 0 Å². The van der Waals surface area contributed by atoms with Crippen LogP contribution in [-0.4, -0.2) is 37.6 Å². The van der Waals surface area contributed by atoms with Gasteiger partial charge in [0.05, 0.1) is 17.4 Å². The van der Waals surface area contributed by atoms with Gasteiger partial charge in [-0.25, -0.2) is 4.39 Å². The van der Waals surface area contributed by atoms with Crippen LogP contribution in [0.1, 0.15) is 46.8 Å². The van der Waals surface area contributed by atoms with Crippen LogP contribution < -0.4 is 10.6 Å². The molecule has 1 heterocycles. The first-order valence-electron chi connectivity index (χ1n) is 10.3. The monoisotopic (exact) mass is 469 g/mol. The predicted octanol–water partition coefficient (Wildman–Crippen LogP) is 3.60. The number of rotatable bonds is 9. The number of benzene rings is 2. The molecule has 2 N–H and O–H groups in total. The van der Waals surface area contributed by atoms with Crippen molar-refractivity contribution < 1.29 is 18.8 Å². The minimum Gasteiger partial charge on any atom is -0.345 e. The van der Waals surface area contributed by atoms with Crippen molar-refractivity contribution in [2.24, 2.45) is 7.05 Å². The van der Waals surface area contributed by atoms with Gasteiger partial charge in [-0.05, 0) is 37.6 Å². The summed E-state index contributed by atoms with van der Waals surface area (Å²) >= 11 is 1.24. The predicted molar refractivity (Wildman–Crippen MR) is 124 cm³/mol. The molecule has 1 aromatic heterocycles. The van der Waals surface area contributed by atoms with Crippen LogP contribution in [0, 0.1) is 5.82 Å². The first-order valence-corrected chi connectivity index (χ1v) is 11.2. The van der Waals surface area contributed by atoms with Crippen molar-refractivity contribution in [3.63, 3.8) is 0 Å². The van der Waals surface area contributed by atoms with Crippen molar-refractivity contribution in [3.05, 3.63) is 71.3 Å². The molecule has 0 aliphatic heterocycles. The van der Waals surface area contributed by atoms with E-state index < -0.39 is 17.0 Å². The number of aromatic nitrogens is 3. The molecule has 3 rings (SSSR count). The van der Waals surface area contributed by atoms with Crippen LogP contribution in [-0.2, 0) is 18.4 Å². The van der Waals surface area contributed by atoms with Crippen molar-refractivity contribution in [1.29, 1.82) is 0 Å². The lowest BCUT2D eigenvalue weighted by molar-refractivity contribution is -0.115. The van der Waals surface area contributed by atoms with Crippen LogP contribution >= 0.6 is 11.8 Å². The van der Waals surface area contributed by atoms with E-state index in [1.165, 1.54) is 36.9 Å². The summed E-state index contributed by atoms with van der Waals surface area (Å²) in [6, 6.07) is 12.5. The van der Waals surface area contributed by atoms with E-state index in [9.17, 15) is 18.8 Å². The average molecular weight is 470 g/mol. The topological polar surface area (TPSA) is 106 Å². The van der Waals surface area contributed by atoms with Gasteiger partial charge in [0, 0.05) is 18.3 Å². The third-order valence-electron chi connectivity index (χ3n) is 4.90. The van der Waals surface area contributed by atoms with E-state index in [0.29, 0.717) is 28.7 Å². The van der Waals surface area contributed by atoms with Gasteiger partial charge in [-0.15, -0.1) is 10.2 Å². The highest BCUT2D eigenvalue weighted by molar-refractivity contribution is 8.00. The van der Waals surface area contributed by atoms with Crippen molar-refractivity contribution in [2.45, 2.75) is 37.2 Å². The van der Waals surface area contributed by atoms with Gasteiger partial charge in [-0.2, -0.15) is 0 Å². The van der Waals surface area contributed by atoms with E-state index in [1.54, 1.807) is 41.9 Å². The van der Waals surface area contributed by atoms with Gasteiger partial charge in [0.1, 0.15) is 5.82 Å². The number of carbonyl (C=O) groups is 3. The van der Waals surface area contributed by atoms with E-state index in [4.69, 9.17) is 0 Å². The van der Waals surface area contributed by atoms with Crippen LogP contribution in [0.5, 0.6) is 0 Å². The number of hydrogen-bond acceptors (Lipinski definition) is 6. The fraction of sp³-hybridized carbons (Fsp3) is 0.261. The van der Waals surface area contributed by atoms with Crippen molar-refractivity contribution >= 4 is 35.0 Å². The van der Waals surface area contributed by atoms with Crippen molar-refractivity contribution in [1.82, 2.24) is 20.1 Å². The highest BCUT2D eigenvalue weighted by Crippen LogP contribution is 2.25. The smallest absolute Gasteiger partial charge is 0.254 e. The van der Waals surface area contributed by atoms with Gasteiger partial charge in [-0.3, -0.25) is 14.4 Å². The minimum absolute atomic E-state index is 0.0502. The number of ketones is 1. The molecule has 0 bridgehead atoms. The van der Waals surface area contributed by atoms with Crippen LogP contribution in [0.3, 0.4) is 0 Å². The maximum Gasteiger partial charge on any atom is 0.254 e. The lowest BCUT2D eigenvalue weighted by Crippen LogP contribution is -2.26. The lowest BCUT2D eigenvalue weighted by Gasteiger charge is -2.14. The fourth-order valence-electron chi connectivity index (χ4n) is 2.99. The highest BCUT2D eigenvalue weighted by atomic mass is 32.2. The Morgan fingerprint density at radius 3 is 2.58 bits per heavy atom. The number of amides is 2. The summed E-state index contributed by atoms with van der Waals surface area (Å²) in [4.78, 5) is 36.6. The Balaban J connectivity index is 1.63. The molecule has 1 atom stereocenters. The third kappa shape index (κ3) is 6.04.